The van der Waals surface area contributed by atoms with Crippen molar-refractivity contribution in [3.63, 3.8) is 0 Å². The van der Waals surface area contributed by atoms with Gasteiger partial charge in [-0.25, -0.2) is 4.39 Å². The summed E-state index contributed by atoms with van der Waals surface area (Å²) in [7, 11) is 0. The van der Waals surface area contributed by atoms with Crippen LogP contribution in [-0.2, 0) is 0 Å². The van der Waals surface area contributed by atoms with Crippen molar-refractivity contribution < 1.29 is 9.18 Å². The normalized spacial score (nSPS) is 10.5. The molecule has 0 heterocycles. The van der Waals surface area contributed by atoms with Gasteiger partial charge in [0.05, 0.1) is 15.6 Å². The Hall–Kier alpha value is -0.800. The lowest BCUT2D eigenvalue weighted by Gasteiger charge is -2.09. The van der Waals surface area contributed by atoms with Gasteiger partial charge in [0.25, 0.3) is 5.91 Å². The van der Waals surface area contributed by atoms with Gasteiger partial charge in [-0.2, -0.15) is 0 Å². The molecular weight excluding hydrogens is 240 g/mol. The molecule has 0 unspecified atom stereocenters. The van der Waals surface area contributed by atoms with Crippen molar-refractivity contribution in [2.24, 2.45) is 0 Å². The van der Waals surface area contributed by atoms with Crippen LogP contribution in [0.4, 0.5) is 4.39 Å². The summed E-state index contributed by atoms with van der Waals surface area (Å²) in [6, 6.07) is 2.21. The van der Waals surface area contributed by atoms with E-state index in [1.54, 1.807) is 13.8 Å². The lowest BCUT2D eigenvalue weighted by atomic mass is 10.2. The highest BCUT2D eigenvalue weighted by atomic mass is 35.5. The number of carbonyl (C=O) groups is 1. The molecule has 0 spiro atoms. The summed E-state index contributed by atoms with van der Waals surface area (Å²) in [6.45, 7) is 3.61. The first-order valence-electron chi connectivity index (χ1n) is 4.37. The van der Waals surface area contributed by atoms with Crippen LogP contribution in [0.1, 0.15) is 24.2 Å². The van der Waals surface area contributed by atoms with E-state index in [0.29, 0.717) is 0 Å². The molecule has 0 aliphatic heterocycles. The Labute approximate surface area is 97.4 Å². The van der Waals surface area contributed by atoms with Crippen molar-refractivity contribution in [3.8, 4) is 0 Å². The summed E-state index contributed by atoms with van der Waals surface area (Å²) >= 11 is 11.3. The van der Waals surface area contributed by atoms with E-state index in [2.05, 4.69) is 5.32 Å². The number of halogens is 3. The molecule has 0 saturated heterocycles. The van der Waals surface area contributed by atoms with Gasteiger partial charge in [0.15, 0.2) is 0 Å². The number of carbonyl (C=O) groups excluding carboxylic acids is 1. The molecule has 1 amide bonds. The second-order valence-electron chi connectivity index (χ2n) is 3.37. The van der Waals surface area contributed by atoms with E-state index in [1.807, 2.05) is 0 Å². The number of nitrogens with one attached hydrogen (secondary N) is 1. The first-order valence-corrected chi connectivity index (χ1v) is 5.13. The maximum Gasteiger partial charge on any atom is 0.253 e. The molecule has 1 rings (SSSR count). The van der Waals surface area contributed by atoms with Gasteiger partial charge in [0.1, 0.15) is 5.82 Å². The zero-order valence-corrected chi connectivity index (χ0v) is 9.79. The molecule has 0 bridgehead atoms. The van der Waals surface area contributed by atoms with E-state index in [4.69, 9.17) is 23.2 Å². The van der Waals surface area contributed by atoms with Crippen LogP contribution in [0.5, 0.6) is 0 Å². The topological polar surface area (TPSA) is 29.1 Å². The molecule has 0 aromatic heterocycles. The van der Waals surface area contributed by atoms with Crippen molar-refractivity contribution in [1.82, 2.24) is 5.32 Å². The predicted molar refractivity (Wildman–Crippen MR) is 59.0 cm³/mol. The largest absolute Gasteiger partial charge is 0.350 e. The van der Waals surface area contributed by atoms with Gasteiger partial charge >= 0.3 is 0 Å². The second kappa shape index (κ2) is 4.81. The maximum absolute atomic E-state index is 13.1. The third-order valence-electron chi connectivity index (χ3n) is 1.67. The van der Waals surface area contributed by atoms with E-state index in [-0.39, 0.29) is 21.7 Å². The smallest absolute Gasteiger partial charge is 0.253 e. The fourth-order valence-electron chi connectivity index (χ4n) is 1.04. The summed E-state index contributed by atoms with van der Waals surface area (Å²) in [5, 5.41) is 2.66. The summed E-state index contributed by atoms with van der Waals surface area (Å²) in [4.78, 5) is 11.5. The molecule has 1 aromatic rings. The van der Waals surface area contributed by atoms with Crippen LogP contribution < -0.4 is 5.32 Å². The molecule has 1 aromatic carbocycles. The van der Waals surface area contributed by atoms with Gasteiger partial charge in [-0.05, 0) is 26.0 Å². The molecular formula is C10H10Cl2FNO. The van der Waals surface area contributed by atoms with Crippen molar-refractivity contribution in [3.05, 3.63) is 33.6 Å². The number of rotatable bonds is 2. The second-order valence-corrected chi connectivity index (χ2v) is 4.19. The lowest BCUT2D eigenvalue weighted by molar-refractivity contribution is 0.0943. The maximum atomic E-state index is 13.1. The molecule has 0 aliphatic rings. The molecule has 0 radical (unpaired) electrons. The quantitative estimate of drug-likeness (QED) is 0.802. The molecule has 15 heavy (non-hydrogen) atoms. The number of amides is 1. The Kier molecular flexibility index (Phi) is 3.94. The number of benzene rings is 1. The Bertz CT molecular complexity index is 393. The highest BCUT2D eigenvalue weighted by Gasteiger charge is 2.14. The molecule has 5 heteroatoms. The van der Waals surface area contributed by atoms with Crippen LogP contribution in [0, 0.1) is 5.82 Å². The molecule has 0 saturated carbocycles. The van der Waals surface area contributed by atoms with Gasteiger partial charge in [-0.1, -0.05) is 23.2 Å². The highest BCUT2D eigenvalue weighted by Crippen LogP contribution is 2.24. The summed E-state index contributed by atoms with van der Waals surface area (Å²) in [6.07, 6.45) is 0. The summed E-state index contributed by atoms with van der Waals surface area (Å²) < 4.78 is 13.1. The fourth-order valence-corrected chi connectivity index (χ4v) is 1.51. The number of hydrogen-bond acceptors (Lipinski definition) is 1. The Morgan fingerprint density at radius 3 is 2.47 bits per heavy atom. The molecule has 1 N–H and O–H groups in total. The van der Waals surface area contributed by atoms with E-state index in [0.717, 1.165) is 6.07 Å². The van der Waals surface area contributed by atoms with Crippen LogP contribution in [-0.4, -0.2) is 11.9 Å². The molecule has 0 aliphatic carbocycles. The van der Waals surface area contributed by atoms with Crippen LogP contribution >= 0.6 is 23.2 Å². The summed E-state index contributed by atoms with van der Waals surface area (Å²) in [5.41, 5.74) is 0.0901. The van der Waals surface area contributed by atoms with Gasteiger partial charge in [-0.3, -0.25) is 4.79 Å². The average molecular weight is 250 g/mol. The fraction of sp³-hybridized carbons (Fsp3) is 0.300. The Balaban J connectivity index is 3.04. The van der Waals surface area contributed by atoms with Gasteiger partial charge in [0.2, 0.25) is 0 Å². The van der Waals surface area contributed by atoms with Gasteiger partial charge < -0.3 is 5.32 Å². The average Bonchev–Trinajstić information content (AvgIpc) is 2.09. The summed E-state index contributed by atoms with van der Waals surface area (Å²) in [5.74, 6) is -1.07. The SMILES string of the molecule is CC(C)NC(=O)c1cc(F)c(Cl)cc1Cl. The highest BCUT2D eigenvalue weighted by molar-refractivity contribution is 6.36. The Morgan fingerprint density at radius 1 is 1.33 bits per heavy atom. The standard InChI is InChI=1S/C10H10Cl2FNO/c1-5(2)14-10(15)6-3-9(13)8(12)4-7(6)11/h3-5H,1-2H3,(H,14,15). The first kappa shape index (κ1) is 12.3. The van der Waals surface area contributed by atoms with Crippen LogP contribution in [0.25, 0.3) is 0 Å². The molecule has 2 nitrogen and oxygen atoms in total. The van der Waals surface area contributed by atoms with Crippen LogP contribution in [0.3, 0.4) is 0 Å². The molecule has 0 fully saturated rings. The van der Waals surface area contributed by atoms with Crippen LogP contribution in [0.15, 0.2) is 12.1 Å². The van der Waals surface area contributed by atoms with Gasteiger partial charge in [-0.15, -0.1) is 0 Å². The zero-order valence-electron chi connectivity index (χ0n) is 8.27. The van der Waals surface area contributed by atoms with E-state index in [9.17, 15) is 9.18 Å². The molecule has 82 valence electrons. The molecule has 0 atom stereocenters. The van der Waals surface area contributed by atoms with Crippen molar-refractivity contribution in [2.75, 3.05) is 0 Å². The minimum absolute atomic E-state index is 0.0349. The third-order valence-corrected chi connectivity index (χ3v) is 2.28. The van der Waals surface area contributed by atoms with E-state index >= 15 is 0 Å². The number of hydrogen-bond donors (Lipinski definition) is 1. The lowest BCUT2D eigenvalue weighted by Crippen LogP contribution is -2.30. The monoisotopic (exact) mass is 249 g/mol. The zero-order chi connectivity index (χ0) is 11.6. The van der Waals surface area contributed by atoms with E-state index in [1.165, 1.54) is 6.07 Å². The minimum Gasteiger partial charge on any atom is -0.350 e. The first-order chi connectivity index (χ1) is 6.91. The van der Waals surface area contributed by atoms with Crippen molar-refractivity contribution >= 4 is 29.1 Å². The van der Waals surface area contributed by atoms with E-state index < -0.39 is 11.7 Å². The predicted octanol–water partition coefficient (Wildman–Crippen LogP) is 3.27. The van der Waals surface area contributed by atoms with Gasteiger partial charge in [0, 0.05) is 6.04 Å². The van der Waals surface area contributed by atoms with Crippen LogP contribution in [0.2, 0.25) is 10.0 Å². The third kappa shape index (κ3) is 3.08. The van der Waals surface area contributed by atoms with Crippen molar-refractivity contribution in [2.45, 2.75) is 19.9 Å². The minimum atomic E-state index is -0.657. The van der Waals surface area contributed by atoms with Crippen molar-refractivity contribution in [1.29, 1.82) is 0 Å². The Morgan fingerprint density at radius 2 is 1.93 bits per heavy atom.